The first-order chi connectivity index (χ1) is 14.5. The van der Waals surface area contributed by atoms with Gasteiger partial charge in [0.2, 0.25) is 23.4 Å². The minimum Gasteiger partial charge on any atom is -0.493 e. The van der Waals surface area contributed by atoms with Gasteiger partial charge in [0.25, 0.3) is 0 Å². The smallest absolute Gasteiger partial charge is 0.246 e. The molecule has 0 spiro atoms. The molecule has 0 aliphatic rings. The molecule has 0 fully saturated rings. The van der Waals surface area contributed by atoms with Gasteiger partial charge < -0.3 is 24.1 Å². The second-order valence-corrected chi connectivity index (χ2v) is 6.36. The second kappa shape index (κ2) is 9.60. The number of hydrogen-bond donors (Lipinski definition) is 1. The first-order valence-corrected chi connectivity index (χ1v) is 9.20. The minimum absolute atomic E-state index is 0.116. The standard InChI is InChI=1S/C22H23N3O5/c1-14-6-5-7-16(12-14)22-24-19(30-25-22)13-23-18(26)11-9-15-8-10-17(27-2)21(29-4)20(15)28-3/h5-12H,13H2,1-4H3,(H,23,26)/b11-9+. The largest absolute Gasteiger partial charge is 0.493 e. The zero-order valence-corrected chi connectivity index (χ0v) is 17.3. The maximum atomic E-state index is 12.2. The lowest BCUT2D eigenvalue weighted by molar-refractivity contribution is -0.116. The Bertz CT molecular complexity index is 1060. The number of nitrogens with one attached hydrogen (secondary N) is 1. The van der Waals surface area contributed by atoms with Crippen molar-refractivity contribution in [3.05, 3.63) is 59.5 Å². The van der Waals surface area contributed by atoms with Crippen LogP contribution in [0.5, 0.6) is 17.2 Å². The quantitative estimate of drug-likeness (QED) is 0.570. The Kier molecular flexibility index (Phi) is 6.69. The third kappa shape index (κ3) is 4.78. The van der Waals surface area contributed by atoms with Crippen molar-refractivity contribution in [2.75, 3.05) is 21.3 Å². The van der Waals surface area contributed by atoms with E-state index in [1.807, 2.05) is 31.2 Å². The molecule has 8 heteroatoms. The molecule has 3 rings (SSSR count). The van der Waals surface area contributed by atoms with E-state index in [2.05, 4.69) is 15.5 Å². The number of benzene rings is 2. The van der Waals surface area contributed by atoms with Crippen molar-refractivity contribution in [1.29, 1.82) is 0 Å². The van der Waals surface area contributed by atoms with E-state index in [0.29, 0.717) is 34.5 Å². The zero-order valence-electron chi connectivity index (χ0n) is 17.3. The summed E-state index contributed by atoms with van der Waals surface area (Å²) in [5.74, 6) is 1.95. The van der Waals surface area contributed by atoms with Gasteiger partial charge in [0, 0.05) is 17.2 Å². The van der Waals surface area contributed by atoms with Gasteiger partial charge in [-0.05, 0) is 31.2 Å². The summed E-state index contributed by atoms with van der Waals surface area (Å²) in [6.07, 6.45) is 3.02. The molecule has 0 bridgehead atoms. The van der Waals surface area contributed by atoms with Crippen LogP contribution < -0.4 is 19.5 Å². The van der Waals surface area contributed by atoms with Gasteiger partial charge in [-0.1, -0.05) is 28.9 Å². The van der Waals surface area contributed by atoms with Crippen LogP contribution in [0, 0.1) is 6.92 Å². The fourth-order valence-electron chi connectivity index (χ4n) is 2.87. The SMILES string of the molecule is COc1ccc(/C=C/C(=O)NCc2nc(-c3cccc(C)c3)no2)c(OC)c1OC. The van der Waals surface area contributed by atoms with Crippen LogP contribution in [0.1, 0.15) is 17.0 Å². The van der Waals surface area contributed by atoms with E-state index >= 15 is 0 Å². The van der Waals surface area contributed by atoms with Crippen molar-refractivity contribution < 1.29 is 23.5 Å². The molecule has 0 aliphatic carbocycles. The second-order valence-electron chi connectivity index (χ2n) is 6.36. The van der Waals surface area contributed by atoms with Gasteiger partial charge in [-0.2, -0.15) is 4.98 Å². The van der Waals surface area contributed by atoms with Crippen LogP contribution in [0.3, 0.4) is 0 Å². The molecule has 0 atom stereocenters. The molecular formula is C22H23N3O5. The summed E-state index contributed by atoms with van der Waals surface area (Å²) in [5.41, 5.74) is 2.63. The lowest BCUT2D eigenvalue weighted by Crippen LogP contribution is -2.20. The van der Waals surface area contributed by atoms with Gasteiger partial charge in [-0.25, -0.2) is 0 Å². The first kappa shape index (κ1) is 20.9. The van der Waals surface area contributed by atoms with E-state index in [1.54, 1.807) is 25.3 Å². The number of amides is 1. The predicted octanol–water partition coefficient (Wildman–Crippen LogP) is 3.40. The number of nitrogens with zero attached hydrogens (tertiary/aromatic N) is 2. The van der Waals surface area contributed by atoms with Crippen LogP contribution in [0.15, 0.2) is 47.0 Å². The Morgan fingerprint density at radius 3 is 2.60 bits per heavy atom. The number of aryl methyl sites for hydroxylation is 1. The van der Waals surface area contributed by atoms with Crippen LogP contribution in [0.2, 0.25) is 0 Å². The van der Waals surface area contributed by atoms with Gasteiger partial charge >= 0.3 is 0 Å². The Hall–Kier alpha value is -3.81. The summed E-state index contributed by atoms with van der Waals surface area (Å²) in [6.45, 7) is 2.11. The Labute approximate surface area is 174 Å². The van der Waals surface area contributed by atoms with Crippen LogP contribution in [-0.2, 0) is 11.3 Å². The molecular weight excluding hydrogens is 386 g/mol. The Balaban J connectivity index is 1.65. The zero-order chi connectivity index (χ0) is 21.5. The highest BCUT2D eigenvalue weighted by Gasteiger charge is 2.14. The van der Waals surface area contributed by atoms with Crippen LogP contribution in [-0.4, -0.2) is 37.4 Å². The molecule has 30 heavy (non-hydrogen) atoms. The van der Waals surface area contributed by atoms with Gasteiger partial charge in [0.15, 0.2) is 11.5 Å². The number of carbonyl (C=O) groups is 1. The van der Waals surface area contributed by atoms with Gasteiger partial charge in [-0.15, -0.1) is 0 Å². The molecule has 3 aromatic rings. The fourth-order valence-corrected chi connectivity index (χ4v) is 2.87. The van der Waals surface area contributed by atoms with E-state index in [-0.39, 0.29) is 12.5 Å². The van der Waals surface area contributed by atoms with Crippen molar-refractivity contribution in [1.82, 2.24) is 15.5 Å². The maximum absolute atomic E-state index is 12.2. The maximum Gasteiger partial charge on any atom is 0.246 e. The highest BCUT2D eigenvalue weighted by molar-refractivity contribution is 5.92. The molecule has 8 nitrogen and oxygen atoms in total. The molecule has 1 heterocycles. The van der Waals surface area contributed by atoms with E-state index in [4.69, 9.17) is 18.7 Å². The Morgan fingerprint density at radius 1 is 1.10 bits per heavy atom. The minimum atomic E-state index is -0.317. The van der Waals surface area contributed by atoms with Crippen molar-refractivity contribution >= 4 is 12.0 Å². The number of hydrogen-bond acceptors (Lipinski definition) is 7. The van der Waals surface area contributed by atoms with E-state index in [0.717, 1.165) is 11.1 Å². The van der Waals surface area contributed by atoms with Gasteiger partial charge in [0.05, 0.1) is 27.9 Å². The first-order valence-electron chi connectivity index (χ1n) is 9.20. The summed E-state index contributed by atoms with van der Waals surface area (Å²) < 4.78 is 21.2. The molecule has 0 unspecified atom stereocenters. The Morgan fingerprint density at radius 2 is 1.90 bits per heavy atom. The molecule has 0 saturated carbocycles. The van der Waals surface area contributed by atoms with E-state index in [9.17, 15) is 4.79 Å². The van der Waals surface area contributed by atoms with Crippen molar-refractivity contribution in [2.45, 2.75) is 13.5 Å². The number of ether oxygens (including phenoxy) is 3. The third-order valence-corrected chi connectivity index (χ3v) is 4.31. The molecule has 2 aromatic carbocycles. The van der Waals surface area contributed by atoms with Crippen LogP contribution >= 0.6 is 0 Å². The molecule has 1 aromatic heterocycles. The highest BCUT2D eigenvalue weighted by atomic mass is 16.5. The van der Waals surface area contributed by atoms with Gasteiger partial charge in [0.1, 0.15) is 0 Å². The van der Waals surface area contributed by atoms with E-state index < -0.39 is 0 Å². The average molecular weight is 409 g/mol. The number of methoxy groups -OCH3 is 3. The van der Waals surface area contributed by atoms with Crippen molar-refractivity contribution in [3.63, 3.8) is 0 Å². The summed E-state index contributed by atoms with van der Waals surface area (Å²) in [5, 5.41) is 6.67. The summed E-state index contributed by atoms with van der Waals surface area (Å²) in [7, 11) is 4.59. The molecule has 1 amide bonds. The fraction of sp³-hybridized carbons (Fsp3) is 0.227. The summed E-state index contributed by atoms with van der Waals surface area (Å²) in [6, 6.07) is 11.3. The topological polar surface area (TPSA) is 95.7 Å². The van der Waals surface area contributed by atoms with Gasteiger partial charge in [-0.3, -0.25) is 4.79 Å². The molecule has 0 radical (unpaired) electrons. The lowest BCUT2D eigenvalue weighted by atomic mass is 10.1. The molecule has 156 valence electrons. The molecule has 1 N–H and O–H groups in total. The third-order valence-electron chi connectivity index (χ3n) is 4.31. The van der Waals surface area contributed by atoms with Crippen molar-refractivity contribution in [2.24, 2.45) is 0 Å². The number of aromatic nitrogens is 2. The van der Waals surface area contributed by atoms with Crippen LogP contribution in [0.25, 0.3) is 17.5 Å². The number of rotatable bonds is 8. The summed E-state index contributed by atoms with van der Waals surface area (Å²) >= 11 is 0. The molecule has 0 saturated heterocycles. The average Bonchev–Trinajstić information content (AvgIpc) is 3.24. The molecule has 0 aliphatic heterocycles. The number of carbonyl (C=O) groups excluding carboxylic acids is 1. The predicted molar refractivity (Wildman–Crippen MR) is 111 cm³/mol. The lowest BCUT2D eigenvalue weighted by Gasteiger charge is -2.13. The normalized spacial score (nSPS) is 10.8. The highest BCUT2D eigenvalue weighted by Crippen LogP contribution is 2.40. The monoisotopic (exact) mass is 409 g/mol. The summed E-state index contributed by atoms with van der Waals surface area (Å²) in [4.78, 5) is 16.5. The van der Waals surface area contributed by atoms with E-state index in [1.165, 1.54) is 20.3 Å². The van der Waals surface area contributed by atoms with Crippen molar-refractivity contribution in [3.8, 4) is 28.6 Å². The van der Waals surface area contributed by atoms with Crippen LogP contribution in [0.4, 0.5) is 0 Å².